The first-order valence-corrected chi connectivity index (χ1v) is 14.6. The summed E-state index contributed by atoms with van der Waals surface area (Å²) in [6.45, 7) is 4.42. The molecule has 1 atom stereocenters. The van der Waals surface area contributed by atoms with E-state index < -0.39 is 15.9 Å². The van der Waals surface area contributed by atoms with Crippen LogP contribution >= 0.6 is 11.3 Å². The fourth-order valence-electron chi connectivity index (χ4n) is 5.97. The van der Waals surface area contributed by atoms with Gasteiger partial charge in [-0.15, -0.1) is 11.3 Å². The maximum atomic E-state index is 12.9. The molecule has 2 aromatic rings. The second kappa shape index (κ2) is 8.51. The third-order valence-corrected chi connectivity index (χ3v) is 10.1. The van der Waals surface area contributed by atoms with Crippen LogP contribution in [0.3, 0.4) is 0 Å². The van der Waals surface area contributed by atoms with E-state index in [9.17, 15) is 13.2 Å². The summed E-state index contributed by atoms with van der Waals surface area (Å²) in [6.07, 6.45) is 8.97. The van der Waals surface area contributed by atoms with Crippen molar-refractivity contribution in [2.24, 2.45) is 0 Å². The highest BCUT2D eigenvalue weighted by molar-refractivity contribution is 7.90. The van der Waals surface area contributed by atoms with Crippen LogP contribution in [0.1, 0.15) is 86.0 Å². The Bertz CT molecular complexity index is 1160. The maximum Gasteiger partial charge on any atom is 0.274 e. The van der Waals surface area contributed by atoms with Gasteiger partial charge in [-0.1, -0.05) is 63.8 Å². The van der Waals surface area contributed by atoms with E-state index in [0.717, 1.165) is 60.9 Å². The van der Waals surface area contributed by atoms with Gasteiger partial charge in [0.15, 0.2) is 0 Å². The van der Waals surface area contributed by atoms with Crippen LogP contribution in [0.25, 0.3) is 10.4 Å². The predicted molar refractivity (Wildman–Crippen MR) is 132 cm³/mol. The molecule has 1 unspecified atom stereocenters. The van der Waals surface area contributed by atoms with Crippen molar-refractivity contribution in [2.45, 2.75) is 88.8 Å². The van der Waals surface area contributed by atoms with Crippen LogP contribution < -0.4 is 4.72 Å². The average molecular weight is 488 g/mol. The lowest BCUT2D eigenvalue weighted by molar-refractivity contribution is -0.0425. The van der Waals surface area contributed by atoms with Crippen molar-refractivity contribution < 1.29 is 17.9 Å². The number of fused-ring (bicyclic) bond motifs is 3. The van der Waals surface area contributed by atoms with Gasteiger partial charge in [-0.25, -0.2) is 13.1 Å². The molecule has 7 heteroatoms. The highest BCUT2D eigenvalue weighted by Crippen LogP contribution is 2.46. The van der Waals surface area contributed by atoms with E-state index in [-0.39, 0.29) is 22.9 Å². The summed E-state index contributed by atoms with van der Waals surface area (Å²) in [6, 6.07) is 10.2. The normalized spacial score (nSPS) is 23.5. The third kappa shape index (κ3) is 4.64. The van der Waals surface area contributed by atoms with E-state index >= 15 is 0 Å². The molecule has 1 aromatic heterocycles. The van der Waals surface area contributed by atoms with Crippen LogP contribution in [0.5, 0.6) is 0 Å². The molecule has 1 saturated heterocycles. The van der Waals surface area contributed by atoms with Crippen molar-refractivity contribution in [3.63, 3.8) is 0 Å². The Morgan fingerprint density at radius 2 is 1.85 bits per heavy atom. The molecule has 33 heavy (non-hydrogen) atoms. The number of carbonyl (C=O) groups excluding carboxylic acids is 1. The van der Waals surface area contributed by atoms with Crippen molar-refractivity contribution in [3.05, 3.63) is 46.3 Å². The topological polar surface area (TPSA) is 72.5 Å². The third-order valence-electron chi connectivity index (χ3n) is 7.57. The second-order valence-electron chi connectivity index (χ2n) is 10.7. The van der Waals surface area contributed by atoms with Gasteiger partial charge in [-0.2, -0.15) is 0 Å². The molecule has 1 spiro atoms. The van der Waals surface area contributed by atoms with Gasteiger partial charge in [0, 0.05) is 4.88 Å². The number of nitrogens with one attached hydrogen (secondary N) is 1. The summed E-state index contributed by atoms with van der Waals surface area (Å²) < 4.78 is 34.3. The number of benzene rings is 1. The minimum absolute atomic E-state index is 0.0295. The molecule has 1 saturated carbocycles. The van der Waals surface area contributed by atoms with Crippen molar-refractivity contribution in [2.75, 3.05) is 5.75 Å². The molecule has 178 valence electrons. The lowest BCUT2D eigenvalue weighted by atomic mass is 9.73. The molecule has 1 N–H and O–H groups in total. The molecule has 5 nitrogen and oxygen atoms in total. The first-order chi connectivity index (χ1) is 15.7. The number of hydrogen-bond donors (Lipinski definition) is 1. The number of hydrogen-bond acceptors (Lipinski definition) is 5. The van der Waals surface area contributed by atoms with Crippen LogP contribution in [0, 0.1) is 0 Å². The molecule has 2 aliphatic carbocycles. The van der Waals surface area contributed by atoms with Gasteiger partial charge in [0.05, 0.1) is 22.3 Å². The highest BCUT2D eigenvalue weighted by atomic mass is 32.2. The number of carbonyl (C=O) groups is 1. The van der Waals surface area contributed by atoms with Crippen LogP contribution in [0.4, 0.5) is 0 Å². The van der Waals surface area contributed by atoms with Crippen LogP contribution in [0.2, 0.25) is 0 Å². The summed E-state index contributed by atoms with van der Waals surface area (Å²) >= 11 is 1.38. The summed E-state index contributed by atoms with van der Waals surface area (Å²) in [4.78, 5) is 14.5. The first-order valence-electron chi connectivity index (χ1n) is 12.1. The molecule has 1 aliphatic heterocycles. The molecule has 0 bridgehead atoms. The zero-order valence-electron chi connectivity index (χ0n) is 19.5. The van der Waals surface area contributed by atoms with E-state index in [1.807, 2.05) is 18.2 Å². The van der Waals surface area contributed by atoms with Gasteiger partial charge >= 0.3 is 0 Å². The van der Waals surface area contributed by atoms with Crippen LogP contribution in [0.15, 0.2) is 30.3 Å². The van der Waals surface area contributed by atoms with E-state index in [0.29, 0.717) is 4.88 Å². The van der Waals surface area contributed by atoms with Gasteiger partial charge in [0.25, 0.3) is 5.91 Å². The molecule has 2 fully saturated rings. The molecule has 2 heterocycles. The number of rotatable bonds is 4. The summed E-state index contributed by atoms with van der Waals surface area (Å²) in [5, 5.41) is 0. The molecule has 1 amide bonds. The van der Waals surface area contributed by atoms with E-state index in [1.165, 1.54) is 29.7 Å². The second-order valence-corrected chi connectivity index (χ2v) is 13.5. The van der Waals surface area contributed by atoms with Gasteiger partial charge in [-0.05, 0) is 60.3 Å². The SMILES string of the molecule is CC1(C)Cc2cc(C(=O)NS(=O)(=O)CC3CCC4(CCCCCC4)O3)sc2-c2ccccc21. The summed E-state index contributed by atoms with van der Waals surface area (Å²) in [7, 11) is -3.78. The molecule has 3 aliphatic rings. The lowest BCUT2D eigenvalue weighted by Crippen LogP contribution is -2.37. The van der Waals surface area contributed by atoms with E-state index in [1.54, 1.807) is 0 Å². The zero-order chi connectivity index (χ0) is 23.3. The van der Waals surface area contributed by atoms with Crippen molar-refractivity contribution in [1.82, 2.24) is 4.72 Å². The van der Waals surface area contributed by atoms with Crippen LogP contribution in [-0.4, -0.2) is 31.8 Å². The molecular weight excluding hydrogens is 454 g/mol. The highest BCUT2D eigenvalue weighted by Gasteiger charge is 2.42. The Balaban J connectivity index is 1.28. The van der Waals surface area contributed by atoms with Gasteiger partial charge in [0.2, 0.25) is 10.0 Å². The van der Waals surface area contributed by atoms with Crippen molar-refractivity contribution in [3.8, 4) is 10.4 Å². The minimum atomic E-state index is -3.78. The van der Waals surface area contributed by atoms with Gasteiger partial charge < -0.3 is 4.74 Å². The van der Waals surface area contributed by atoms with Crippen LogP contribution in [-0.2, 0) is 26.6 Å². The Morgan fingerprint density at radius 3 is 2.61 bits per heavy atom. The van der Waals surface area contributed by atoms with E-state index in [2.05, 4.69) is 30.7 Å². The number of ether oxygens (including phenoxy) is 1. The summed E-state index contributed by atoms with van der Waals surface area (Å²) in [5.74, 6) is -0.687. The minimum Gasteiger partial charge on any atom is -0.371 e. The molecular formula is C26H33NO4S2. The lowest BCUT2D eigenvalue weighted by Gasteiger charge is -2.32. The quantitative estimate of drug-likeness (QED) is 0.611. The van der Waals surface area contributed by atoms with Gasteiger partial charge in [-0.3, -0.25) is 4.79 Å². The van der Waals surface area contributed by atoms with Gasteiger partial charge in [0.1, 0.15) is 0 Å². The fraction of sp³-hybridized carbons (Fsp3) is 0.577. The zero-order valence-corrected chi connectivity index (χ0v) is 21.1. The Kier molecular flexibility index (Phi) is 5.94. The van der Waals surface area contributed by atoms with Crippen molar-refractivity contribution >= 4 is 27.3 Å². The summed E-state index contributed by atoms with van der Waals surface area (Å²) in [5.41, 5.74) is 3.35. The Hall–Kier alpha value is -1.70. The predicted octanol–water partition coefficient (Wildman–Crippen LogP) is 5.58. The molecule has 1 aromatic carbocycles. The average Bonchev–Trinajstić information content (AvgIpc) is 3.26. The smallest absolute Gasteiger partial charge is 0.274 e. The fourth-order valence-corrected chi connectivity index (χ4v) is 8.35. The number of thiophene rings is 1. The van der Waals surface area contributed by atoms with Crippen molar-refractivity contribution in [1.29, 1.82) is 0 Å². The number of sulfonamides is 1. The first kappa shape index (κ1) is 23.1. The maximum absolute atomic E-state index is 12.9. The Labute approximate surface area is 201 Å². The monoisotopic (exact) mass is 487 g/mol. The molecule has 5 rings (SSSR count). The number of amides is 1. The largest absolute Gasteiger partial charge is 0.371 e. The van der Waals surface area contributed by atoms with E-state index in [4.69, 9.17) is 4.74 Å². The standard InChI is InChI=1S/C26H33NO4S2/c1-25(2)16-18-15-22(32-23(18)20-9-5-6-10-21(20)25)24(28)27-33(29,30)17-19-11-14-26(31-19)12-7-3-4-8-13-26/h5-6,9-10,15,19H,3-4,7-8,11-14,16-17H2,1-2H3,(H,27,28). The Morgan fingerprint density at radius 1 is 1.12 bits per heavy atom. The molecule has 0 radical (unpaired) electrons.